The maximum atomic E-state index is 13.0. The molecule has 2 N–H and O–H groups in total. The van der Waals surface area contributed by atoms with Crippen LogP contribution in [-0.2, 0) is 18.4 Å². The minimum atomic E-state index is -4.61. The van der Waals surface area contributed by atoms with Gasteiger partial charge in [0.1, 0.15) is 13.2 Å². The third kappa shape index (κ3) is 54.2. The number of hydrogen-bond donors (Lipinski definition) is 2. The number of allylic oxidation sites excluding steroid dienone is 7. The number of unbranched alkanes of at least 4 members (excludes halogenated alkanes) is 36. The zero-order valence-electron chi connectivity index (χ0n) is 47.0. The number of phosphoric ester groups is 1. The Kier molecular flexibility index (Phi) is 51.2. The summed E-state index contributed by atoms with van der Waals surface area (Å²) in [6, 6.07) is -0.906. The van der Waals surface area contributed by atoms with E-state index in [0.29, 0.717) is 17.4 Å². The maximum absolute atomic E-state index is 13.0. The van der Waals surface area contributed by atoms with Gasteiger partial charge in [0.15, 0.2) is 0 Å². The number of amides is 1. The first-order valence-corrected chi connectivity index (χ1v) is 31.5. The van der Waals surface area contributed by atoms with Gasteiger partial charge in [0.2, 0.25) is 5.91 Å². The number of likely N-dealkylation sites (N-methyl/N-ethyl adjacent to an activating group) is 1. The Morgan fingerprint density at radius 2 is 0.843 bits per heavy atom. The van der Waals surface area contributed by atoms with Crippen LogP contribution in [0.2, 0.25) is 0 Å². The Hall–Kier alpha value is -1.54. The SMILES string of the molecule is CCCCCCCCCCC/C=C\C/C=C\CCCCCCCCCCCCCC(=O)NC(COP(=O)([O-])OCC[N+](C)(C)C)C(O)/C=C/CC/C=C/CCCCCCCCCCCCCCCCC. The molecule has 0 saturated carbocycles. The smallest absolute Gasteiger partial charge is 0.268 e. The molecule has 0 rings (SSSR count). The van der Waals surface area contributed by atoms with E-state index in [1.165, 1.54) is 218 Å². The number of quaternary nitrogens is 1. The summed E-state index contributed by atoms with van der Waals surface area (Å²) >= 11 is 0. The summed E-state index contributed by atoms with van der Waals surface area (Å²) in [5.74, 6) is -0.207. The van der Waals surface area contributed by atoms with Crippen molar-refractivity contribution in [3.63, 3.8) is 0 Å². The Balaban J connectivity index is 4.22. The van der Waals surface area contributed by atoms with Crippen LogP contribution in [-0.4, -0.2) is 68.5 Å². The molecule has 3 unspecified atom stereocenters. The first-order chi connectivity index (χ1) is 34.0. The van der Waals surface area contributed by atoms with Crippen LogP contribution in [0.3, 0.4) is 0 Å². The molecule has 0 bridgehead atoms. The van der Waals surface area contributed by atoms with Gasteiger partial charge in [-0.25, -0.2) is 0 Å². The molecule has 70 heavy (non-hydrogen) atoms. The molecular formula is C61H117N2O6P. The quantitative estimate of drug-likeness (QED) is 0.0272. The minimum Gasteiger partial charge on any atom is -0.756 e. The van der Waals surface area contributed by atoms with Gasteiger partial charge >= 0.3 is 0 Å². The van der Waals surface area contributed by atoms with Crippen molar-refractivity contribution in [2.24, 2.45) is 0 Å². The fraction of sp³-hybridized carbons (Fsp3) is 0.852. The van der Waals surface area contributed by atoms with E-state index in [1.54, 1.807) is 6.08 Å². The van der Waals surface area contributed by atoms with Crippen molar-refractivity contribution in [1.82, 2.24) is 5.32 Å². The third-order valence-electron chi connectivity index (χ3n) is 13.5. The molecule has 0 heterocycles. The second-order valence-corrected chi connectivity index (χ2v) is 23.1. The molecular weight excluding hydrogens is 888 g/mol. The van der Waals surface area contributed by atoms with Crippen LogP contribution in [0.4, 0.5) is 0 Å². The van der Waals surface area contributed by atoms with E-state index in [9.17, 15) is 19.4 Å². The second kappa shape index (κ2) is 52.3. The average Bonchev–Trinajstić information content (AvgIpc) is 3.32. The highest BCUT2D eigenvalue weighted by atomic mass is 31.2. The fourth-order valence-corrected chi connectivity index (χ4v) is 9.51. The number of phosphoric acid groups is 1. The number of nitrogens with zero attached hydrogens (tertiary/aromatic N) is 1. The van der Waals surface area contributed by atoms with Crippen LogP contribution in [0.15, 0.2) is 48.6 Å². The van der Waals surface area contributed by atoms with E-state index in [-0.39, 0.29) is 12.5 Å². The number of aliphatic hydroxyl groups excluding tert-OH is 1. The second-order valence-electron chi connectivity index (χ2n) is 21.7. The number of rotatable bonds is 55. The van der Waals surface area contributed by atoms with Crippen LogP contribution in [0, 0.1) is 0 Å². The fourth-order valence-electron chi connectivity index (χ4n) is 8.79. The van der Waals surface area contributed by atoms with Gasteiger partial charge in [0.25, 0.3) is 7.82 Å². The highest BCUT2D eigenvalue weighted by molar-refractivity contribution is 7.45. The first-order valence-electron chi connectivity index (χ1n) is 30.0. The molecule has 412 valence electrons. The van der Waals surface area contributed by atoms with E-state index in [4.69, 9.17) is 9.05 Å². The largest absolute Gasteiger partial charge is 0.756 e. The molecule has 0 radical (unpaired) electrons. The summed E-state index contributed by atoms with van der Waals surface area (Å²) in [7, 11) is 1.25. The molecule has 0 aromatic rings. The minimum absolute atomic E-state index is 0.00714. The summed E-state index contributed by atoms with van der Waals surface area (Å²) in [5.41, 5.74) is 0. The van der Waals surface area contributed by atoms with Gasteiger partial charge in [0.05, 0.1) is 39.9 Å². The van der Waals surface area contributed by atoms with Crippen molar-refractivity contribution >= 4 is 13.7 Å². The summed E-state index contributed by atoms with van der Waals surface area (Å²) in [4.78, 5) is 25.5. The standard InChI is InChI=1S/C61H117N2O6P/c1-6-8-10-12-14-16-18-20-22-24-26-28-29-30-31-32-33-35-37-39-41-43-45-47-49-51-53-55-61(65)62-59(58-69-70(66,67)68-57-56-63(3,4)5)60(64)54-52-50-48-46-44-42-40-38-36-34-27-25-23-21-19-17-15-13-11-9-7-2/h26,28,30-31,44,46,52,54,59-60,64H,6-25,27,29,32-43,45,47-51,53,55-58H2,1-5H3,(H-,62,65,66,67)/b28-26-,31-30-,46-44+,54-52+. The lowest BCUT2D eigenvalue weighted by Crippen LogP contribution is -2.45. The first kappa shape index (κ1) is 68.5. The maximum Gasteiger partial charge on any atom is 0.268 e. The topological polar surface area (TPSA) is 108 Å². The molecule has 0 aromatic carbocycles. The van der Waals surface area contributed by atoms with Crippen molar-refractivity contribution in [2.75, 3.05) is 40.9 Å². The van der Waals surface area contributed by atoms with Crippen molar-refractivity contribution in [1.29, 1.82) is 0 Å². The van der Waals surface area contributed by atoms with Crippen molar-refractivity contribution < 1.29 is 32.9 Å². The molecule has 0 aliphatic heterocycles. The van der Waals surface area contributed by atoms with E-state index in [1.807, 2.05) is 27.2 Å². The van der Waals surface area contributed by atoms with Gasteiger partial charge < -0.3 is 28.8 Å². The van der Waals surface area contributed by atoms with Crippen molar-refractivity contribution in [2.45, 2.75) is 296 Å². The molecule has 0 fully saturated rings. The zero-order valence-corrected chi connectivity index (χ0v) is 47.9. The highest BCUT2D eigenvalue weighted by Crippen LogP contribution is 2.38. The van der Waals surface area contributed by atoms with Gasteiger partial charge in [-0.05, 0) is 64.2 Å². The zero-order chi connectivity index (χ0) is 51.3. The van der Waals surface area contributed by atoms with E-state index >= 15 is 0 Å². The van der Waals surface area contributed by atoms with Crippen LogP contribution < -0.4 is 10.2 Å². The average molecular weight is 1010 g/mol. The summed E-state index contributed by atoms with van der Waals surface area (Å²) in [6.07, 6.45) is 69.1. The van der Waals surface area contributed by atoms with Gasteiger partial charge in [-0.1, -0.05) is 262 Å². The van der Waals surface area contributed by atoms with Crippen LogP contribution in [0.1, 0.15) is 284 Å². The van der Waals surface area contributed by atoms with Crippen LogP contribution in [0.5, 0.6) is 0 Å². The van der Waals surface area contributed by atoms with Gasteiger partial charge in [-0.15, -0.1) is 0 Å². The number of carbonyl (C=O) groups excluding carboxylic acids is 1. The normalized spacial score (nSPS) is 14.2. The van der Waals surface area contributed by atoms with Gasteiger partial charge in [-0.3, -0.25) is 9.36 Å². The number of nitrogens with one attached hydrogen (secondary N) is 1. The monoisotopic (exact) mass is 1000 g/mol. The molecule has 0 aliphatic carbocycles. The molecule has 0 aromatic heterocycles. The Bertz CT molecular complexity index is 1280. The highest BCUT2D eigenvalue weighted by Gasteiger charge is 2.23. The molecule has 8 nitrogen and oxygen atoms in total. The molecule has 0 spiro atoms. The lowest BCUT2D eigenvalue weighted by atomic mass is 10.0. The van der Waals surface area contributed by atoms with Gasteiger partial charge in [-0.2, -0.15) is 0 Å². The van der Waals surface area contributed by atoms with Crippen molar-refractivity contribution in [3.8, 4) is 0 Å². The third-order valence-corrected chi connectivity index (χ3v) is 14.5. The van der Waals surface area contributed by atoms with Gasteiger partial charge in [0, 0.05) is 6.42 Å². The number of carbonyl (C=O) groups is 1. The molecule has 9 heteroatoms. The van der Waals surface area contributed by atoms with E-state index < -0.39 is 26.6 Å². The summed E-state index contributed by atoms with van der Waals surface area (Å²) in [6.45, 7) is 4.66. The number of aliphatic hydroxyl groups is 1. The molecule has 0 saturated heterocycles. The molecule has 0 aliphatic rings. The predicted molar refractivity (Wildman–Crippen MR) is 302 cm³/mol. The molecule has 1 amide bonds. The van der Waals surface area contributed by atoms with Crippen molar-refractivity contribution in [3.05, 3.63) is 48.6 Å². The Morgan fingerprint density at radius 3 is 1.24 bits per heavy atom. The molecule has 3 atom stereocenters. The predicted octanol–water partition coefficient (Wildman–Crippen LogP) is 17.7. The van der Waals surface area contributed by atoms with Crippen LogP contribution in [0.25, 0.3) is 0 Å². The van der Waals surface area contributed by atoms with E-state index in [0.717, 1.165) is 44.9 Å². The lowest BCUT2D eigenvalue weighted by Gasteiger charge is -2.29. The van der Waals surface area contributed by atoms with E-state index in [2.05, 4.69) is 55.6 Å². The summed E-state index contributed by atoms with van der Waals surface area (Å²) in [5, 5.41) is 13.9. The Labute approximate surface area is 435 Å². The Morgan fingerprint density at radius 1 is 0.500 bits per heavy atom. The lowest BCUT2D eigenvalue weighted by molar-refractivity contribution is -0.870. The number of hydrogen-bond acceptors (Lipinski definition) is 6. The van der Waals surface area contributed by atoms with Crippen LogP contribution >= 0.6 is 7.82 Å². The summed E-state index contributed by atoms with van der Waals surface area (Å²) < 4.78 is 23.4.